The second-order valence-electron chi connectivity index (χ2n) is 8.76. The molecule has 0 aliphatic heterocycles. The van der Waals surface area contributed by atoms with Crippen molar-refractivity contribution in [3.8, 4) is 28.3 Å². The Balaban J connectivity index is 1.43. The maximum Gasteiger partial charge on any atom is 0.286 e. The number of carbonyl (C=O) groups excluding carboxylic acids is 2. The van der Waals surface area contributed by atoms with Crippen molar-refractivity contribution in [2.24, 2.45) is 0 Å². The summed E-state index contributed by atoms with van der Waals surface area (Å²) in [7, 11) is 1.53. The highest BCUT2D eigenvalue weighted by Crippen LogP contribution is 2.28. The number of hydrazine groups is 1. The summed E-state index contributed by atoms with van der Waals surface area (Å²) in [6, 6.07) is 34.9. The number of carbonyl (C=O) groups is 2. The van der Waals surface area contributed by atoms with Crippen molar-refractivity contribution in [3.05, 3.63) is 132 Å². The number of anilines is 1. The first-order valence-corrected chi connectivity index (χ1v) is 12.8. The van der Waals surface area contributed by atoms with E-state index >= 15 is 0 Å². The van der Waals surface area contributed by atoms with Crippen LogP contribution < -0.4 is 20.9 Å². The number of amides is 2. The lowest BCUT2D eigenvalue weighted by Gasteiger charge is -2.14. The number of para-hydroxylation sites is 1. The predicted octanol–water partition coefficient (Wildman–Crippen LogP) is 5.13. The van der Waals surface area contributed by atoms with Crippen molar-refractivity contribution in [3.63, 3.8) is 0 Å². The monoisotopic (exact) mass is 542 g/mol. The summed E-state index contributed by atoms with van der Waals surface area (Å²) in [4.78, 5) is 30.9. The molecule has 9 nitrogen and oxygen atoms in total. The first-order valence-electron chi connectivity index (χ1n) is 12.8. The highest BCUT2D eigenvalue weighted by atomic mass is 16.5. The summed E-state index contributed by atoms with van der Waals surface area (Å²) in [5.74, 6) is -0.463. The molecule has 1 aromatic heterocycles. The van der Waals surface area contributed by atoms with E-state index in [0.717, 1.165) is 11.1 Å². The number of nitrogens with one attached hydrogen (secondary N) is 3. The third-order valence-electron chi connectivity index (χ3n) is 6.04. The fraction of sp³-hybridized carbons (Fsp3) is 0.0312. The zero-order valence-electron chi connectivity index (χ0n) is 22.1. The normalized spacial score (nSPS) is 10.9. The Labute approximate surface area is 236 Å². The summed E-state index contributed by atoms with van der Waals surface area (Å²) in [5.41, 5.74) is 9.16. The van der Waals surface area contributed by atoms with Crippen molar-refractivity contribution < 1.29 is 14.3 Å². The van der Waals surface area contributed by atoms with Gasteiger partial charge in [0.1, 0.15) is 22.8 Å². The lowest BCUT2D eigenvalue weighted by atomic mass is 10.0. The molecule has 9 heteroatoms. The lowest BCUT2D eigenvalue weighted by Crippen LogP contribution is -2.38. The molecule has 0 spiro atoms. The number of benzene rings is 4. The van der Waals surface area contributed by atoms with Gasteiger partial charge in [-0.05, 0) is 24.3 Å². The van der Waals surface area contributed by atoms with Crippen LogP contribution in [0.5, 0.6) is 5.75 Å². The number of methoxy groups -OCH3 is 1. The quantitative estimate of drug-likeness (QED) is 0.175. The second-order valence-corrected chi connectivity index (χ2v) is 8.76. The number of hydrogen-bond donors (Lipinski definition) is 3. The van der Waals surface area contributed by atoms with E-state index in [1.165, 1.54) is 13.2 Å². The lowest BCUT2D eigenvalue weighted by molar-refractivity contribution is -0.117. The molecule has 0 fully saturated rings. The predicted molar refractivity (Wildman–Crippen MR) is 157 cm³/mol. The van der Waals surface area contributed by atoms with Crippen LogP contribution in [0.4, 0.5) is 5.95 Å². The minimum Gasteiger partial charge on any atom is -0.496 e. The van der Waals surface area contributed by atoms with Crippen molar-refractivity contribution in [2.75, 3.05) is 12.5 Å². The fourth-order valence-electron chi connectivity index (χ4n) is 4.03. The van der Waals surface area contributed by atoms with E-state index in [1.54, 1.807) is 48.5 Å². The molecule has 0 radical (unpaired) electrons. The minimum atomic E-state index is -0.628. The molecule has 0 saturated heterocycles. The standard InChI is InChI=1S/C32H26N6O3/c1-41-27-20-12-11-19-25(27)21-26(33-30(39)24-17-9-4-10-18-24)31(40)36-38-32-34-28(22-13-5-2-6-14-22)29(35-37-32)23-15-7-3-8-16-23/h2-21H,1H3,(H,33,39)(H,36,40)(H,34,37,38)/b26-21-. The molecule has 0 aliphatic rings. The Morgan fingerprint density at radius 3 is 1.95 bits per heavy atom. The molecule has 0 saturated carbocycles. The average Bonchev–Trinajstić information content (AvgIpc) is 3.04. The van der Waals surface area contributed by atoms with E-state index in [-0.39, 0.29) is 11.6 Å². The number of nitrogens with zero attached hydrogens (tertiary/aromatic N) is 3. The van der Waals surface area contributed by atoms with Gasteiger partial charge in [0, 0.05) is 22.3 Å². The van der Waals surface area contributed by atoms with Crippen LogP contribution in [-0.4, -0.2) is 34.1 Å². The largest absolute Gasteiger partial charge is 0.496 e. The maximum absolute atomic E-state index is 13.4. The molecule has 202 valence electrons. The van der Waals surface area contributed by atoms with E-state index < -0.39 is 11.8 Å². The Kier molecular flexibility index (Phi) is 8.36. The third kappa shape index (κ3) is 6.61. The van der Waals surface area contributed by atoms with Crippen LogP contribution in [0.3, 0.4) is 0 Å². The summed E-state index contributed by atoms with van der Waals surface area (Å²) >= 11 is 0. The smallest absolute Gasteiger partial charge is 0.286 e. The zero-order chi connectivity index (χ0) is 28.4. The van der Waals surface area contributed by atoms with Gasteiger partial charge in [-0.2, -0.15) is 0 Å². The van der Waals surface area contributed by atoms with E-state index in [2.05, 4.69) is 31.3 Å². The van der Waals surface area contributed by atoms with Crippen molar-refractivity contribution in [2.45, 2.75) is 0 Å². The van der Waals surface area contributed by atoms with E-state index in [9.17, 15) is 9.59 Å². The molecule has 41 heavy (non-hydrogen) atoms. The number of ether oxygens (including phenoxy) is 1. The fourth-order valence-corrected chi connectivity index (χ4v) is 4.03. The van der Waals surface area contributed by atoms with Crippen LogP contribution in [-0.2, 0) is 4.79 Å². The van der Waals surface area contributed by atoms with Crippen molar-refractivity contribution in [1.82, 2.24) is 25.9 Å². The molecule has 2 amide bonds. The summed E-state index contributed by atoms with van der Waals surface area (Å²) in [5, 5.41) is 11.3. The molecule has 0 bridgehead atoms. The number of hydrogen-bond acceptors (Lipinski definition) is 7. The Hall–Kier alpha value is -5.83. The van der Waals surface area contributed by atoms with E-state index in [0.29, 0.717) is 28.3 Å². The van der Waals surface area contributed by atoms with Gasteiger partial charge in [-0.1, -0.05) is 97.1 Å². The van der Waals surface area contributed by atoms with Gasteiger partial charge >= 0.3 is 0 Å². The Bertz CT molecular complexity index is 1680. The average molecular weight is 543 g/mol. The second kappa shape index (κ2) is 12.8. The molecule has 3 N–H and O–H groups in total. The van der Waals surface area contributed by atoms with Gasteiger partial charge in [-0.25, -0.2) is 4.98 Å². The molecular weight excluding hydrogens is 516 g/mol. The summed E-state index contributed by atoms with van der Waals surface area (Å²) < 4.78 is 5.41. The van der Waals surface area contributed by atoms with Gasteiger partial charge < -0.3 is 10.1 Å². The first kappa shape index (κ1) is 26.8. The zero-order valence-corrected chi connectivity index (χ0v) is 22.1. The van der Waals surface area contributed by atoms with Crippen molar-refractivity contribution >= 4 is 23.8 Å². The summed E-state index contributed by atoms with van der Waals surface area (Å²) in [6.45, 7) is 0. The minimum absolute atomic E-state index is 0.0204. The Morgan fingerprint density at radius 1 is 0.707 bits per heavy atom. The van der Waals surface area contributed by atoms with Gasteiger partial charge in [0.15, 0.2) is 0 Å². The third-order valence-corrected chi connectivity index (χ3v) is 6.04. The van der Waals surface area contributed by atoms with Crippen LogP contribution in [0.2, 0.25) is 0 Å². The number of aromatic nitrogens is 3. The van der Waals surface area contributed by atoms with Gasteiger partial charge in [-0.15, -0.1) is 10.2 Å². The molecular formula is C32H26N6O3. The Morgan fingerprint density at radius 2 is 1.29 bits per heavy atom. The summed E-state index contributed by atoms with van der Waals surface area (Å²) in [6.07, 6.45) is 1.53. The molecule has 4 aromatic carbocycles. The van der Waals surface area contributed by atoms with E-state index in [1.807, 2.05) is 66.7 Å². The topological polar surface area (TPSA) is 118 Å². The van der Waals surface area contributed by atoms with Gasteiger partial charge in [0.05, 0.1) is 7.11 Å². The highest BCUT2D eigenvalue weighted by Gasteiger charge is 2.17. The maximum atomic E-state index is 13.4. The highest BCUT2D eigenvalue weighted by molar-refractivity contribution is 6.05. The van der Waals surface area contributed by atoms with Crippen molar-refractivity contribution in [1.29, 1.82) is 0 Å². The SMILES string of the molecule is COc1ccccc1/C=C(\NC(=O)c1ccccc1)C(=O)NNc1nnc(-c2ccccc2)c(-c2ccccc2)n1. The molecule has 0 atom stereocenters. The van der Waals surface area contributed by atoms with Crippen LogP contribution in [0.15, 0.2) is 121 Å². The van der Waals surface area contributed by atoms with Crippen LogP contribution in [0.1, 0.15) is 15.9 Å². The van der Waals surface area contributed by atoms with Crippen LogP contribution in [0, 0.1) is 0 Å². The first-order chi connectivity index (χ1) is 20.1. The molecule has 0 aliphatic carbocycles. The molecule has 5 aromatic rings. The molecule has 5 rings (SSSR count). The molecule has 1 heterocycles. The molecule has 0 unspecified atom stereocenters. The van der Waals surface area contributed by atoms with E-state index in [4.69, 9.17) is 4.74 Å². The number of rotatable bonds is 9. The van der Waals surface area contributed by atoms with Gasteiger partial charge in [0.25, 0.3) is 17.8 Å². The van der Waals surface area contributed by atoms with Gasteiger partial charge in [0.2, 0.25) is 0 Å². The van der Waals surface area contributed by atoms with Crippen LogP contribution in [0.25, 0.3) is 28.6 Å². The van der Waals surface area contributed by atoms with Gasteiger partial charge in [-0.3, -0.25) is 20.4 Å². The van der Waals surface area contributed by atoms with Crippen LogP contribution >= 0.6 is 0 Å².